The third-order valence-electron chi connectivity index (χ3n) is 5.58. The van der Waals surface area contributed by atoms with Crippen molar-refractivity contribution in [1.82, 2.24) is 5.01 Å². The first-order chi connectivity index (χ1) is 16.5. The zero-order valence-electron chi connectivity index (χ0n) is 17.9. The van der Waals surface area contributed by atoms with Crippen molar-refractivity contribution in [2.45, 2.75) is 25.3 Å². The lowest BCUT2D eigenvalue weighted by molar-refractivity contribution is -0.136. The summed E-state index contributed by atoms with van der Waals surface area (Å²) < 4.78 is 16.1. The van der Waals surface area contributed by atoms with E-state index in [1.54, 1.807) is 24.3 Å². The molecule has 0 spiro atoms. The van der Waals surface area contributed by atoms with Crippen molar-refractivity contribution in [2.24, 2.45) is 5.10 Å². The van der Waals surface area contributed by atoms with Crippen LogP contribution in [-0.2, 0) is 19.1 Å². The molecule has 2 aliphatic heterocycles. The number of imide groups is 1. The van der Waals surface area contributed by atoms with E-state index in [0.717, 1.165) is 4.90 Å². The fourth-order valence-corrected chi connectivity index (χ4v) is 3.92. The molecule has 34 heavy (non-hydrogen) atoms. The van der Waals surface area contributed by atoms with Crippen LogP contribution < -0.4 is 4.90 Å². The van der Waals surface area contributed by atoms with Crippen LogP contribution in [0.3, 0.4) is 0 Å². The molecule has 4 heterocycles. The third kappa shape index (κ3) is 4.01. The van der Waals surface area contributed by atoms with E-state index in [1.165, 1.54) is 41.8 Å². The van der Waals surface area contributed by atoms with Gasteiger partial charge in [0.2, 0.25) is 11.8 Å². The van der Waals surface area contributed by atoms with Gasteiger partial charge in [-0.05, 0) is 48.5 Å². The minimum atomic E-state index is -0.719. The topological polar surface area (TPSA) is 123 Å². The van der Waals surface area contributed by atoms with E-state index >= 15 is 0 Å². The normalized spacial score (nSPS) is 17.9. The average molecular weight is 461 g/mol. The molecule has 2 aliphatic rings. The maximum atomic E-state index is 12.9. The predicted molar refractivity (Wildman–Crippen MR) is 117 cm³/mol. The number of amides is 3. The Morgan fingerprint density at radius 1 is 0.971 bits per heavy atom. The fourth-order valence-electron chi connectivity index (χ4n) is 3.92. The second-order valence-electron chi connectivity index (χ2n) is 7.74. The summed E-state index contributed by atoms with van der Waals surface area (Å²) in [5, 5.41) is 5.61. The van der Waals surface area contributed by atoms with Gasteiger partial charge in [0.05, 0.1) is 23.8 Å². The Balaban J connectivity index is 1.26. The predicted octanol–water partition coefficient (Wildman–Crippen LogP) is 3.06. The van der Waals surface area contributed by atoms with Crippen molar-refractivity contribution in [3.63, 3.8) is 0 Å². The number of carbonyl (C=O) groups excluding carboxylic acids is 4. The number of esters is 1. The van der Waals surface area contributed by atoms with Gasteiger partial charge in [0.25, 0.3) is 5.91 Å². The Hall–Kier alpha value is -4.47. The van der Waals surface area contributed by atoms with E-state index in [0.29, 0.717) is 29.3 Å². The van der Waals surface area contributed by atoms with Crippen LogP contribution in [0.4, 0.5) is 5.69 Å². The van der Waals surface area contributed by atoms with Gasteiger partial charge in [-0.25, -0.2) is 9.80 Å². The molecular weight excluding hydrogens is 442 g/mol. The molecule has 10 nitrogen and oxygen atoms in total. The molecule has 0 saturated carbocycles. The van der Waals surface area contributed by atoms with Crippen LogP contribution in [0, 0.1) is 0 Å². The number of carbonyl (C=O) groups is 4. The third-order valence-corrected chi connectivity index (χ3v) is 5.58. The first kappa shape index (κ1) is 21.4. The number of anilines is 1. The van der Waals surface area contributed by atoms with Crippen molar-refractivity contribution >= 4 is 35.1 Å². The van der Waals surface area contributed by atoms with E-state index in [1.807, 2.05) is 0 Å². The number of hydrogen-bond acceptors (Lipinski definition) is 8. The van der Waals surface area contributed by atoms with Crippen LogP contribution in [-0.4, -0.2) is 41.0 Å². The van der Waals surface area contributed by atoms with Gasteiger partial charge in [0.15, 0.2) is 6.61 Å². The van der Waals surface area contributed by atoms with E-state index in [-0.39, 0.29) is 30.2 Å². The SMILES string of the molecule is O=C(OCC(=O)N1N=C(c2ccco2)CC1c1ccco1)c1ccc(N2C(=O)CCC2=O)cc1. The van der Waals surface area contributed by atoms with Crippen molar-refractivity contribution in [1.29, 1.82) is 0 Å². The highest BCUT2D eigenvalue weighted by Crippen LogP contribution is 2.33. The monoisotopic (exact) mass is 461 g/mol. The van der Waals surface area contributed by atoms with Gasteiger partial charge in [0, 0.05) is 19.3 Å². The van der Waals surface area contributed by atoms with Gasteiger partial charge in [-0.1, -0.05) is 0 Å². The highest BCUT2D eigenvalue weighted by molar-refractivity contribution is 6.19. The second-order valence-corrected chi connectivity index (χ2v) is 7.74. The van der Waals surface area contributed by atoms with Crippen molar-refractivity contribution in [3.05, 3.63) is 78.1 Å². The molecule has 172 valence electrons. The molecule has 3 aromatic rings. The summed E-state index contributed by atoms with van der Waals surface area (Å²) in [4.78, 5) is 50.2. The minimum Gasteiger partial charge on any atom is -0.467 e. The first-order valence-corrected chi connectivity index (χ1v) is 10.6. The summed E-state index contributed by atoms with van der Waals surface area (Å²) in [6.45, 7) is -0.532. The zero-order valence-corrected chi connectivity index (χ0v) is 17.9. The Bertz CT molecular complexity index is 1240. The molecule has 1 aromatic carbocycles. The average Bonchev–Trinajstić information content (AvgIpc) is 3.64. The van der Waals surface area contributed by atoms with Crippen LogP contribution in [0.1, 0.15) is 47.2 Å². The van der Waals surface area contributed by atoms with Crippen LogP contribution in [0.25, 0.3) is 0 Å². The van der Waals surface area contributed by atoms with Crippen molar-refractivity contribution in [2.75, 3.05) is 11.5 Å². The van der Waals surface area contributed by atoms with E-state index < -0.39 is 24.5 Å². The zero-order chi connectivity index (χ0) is 23.7. The summed E-state index contributed by atoms with van der Waals surface area (Å²) in [5.74, 6) is -0.719. The molecule has 1 saturated heterocycles. The van der Waals surface area contributed by atoms with Crippen molar-refractivity contribution < 1.29 is 32.7 Å². The largest absolute Gasteiger partial charge is 0.467 e. The van der Waals surface area contributed by atoms with E-state index in [2.05, 4.69) is 5.10 Å². The number of hydrogen-bond donors (Lipinski definition) is 0. The summed E-state index contributed by atoms with van der Waals surface area (Å²) in [5.41, 5.74) is 1.14. The van der Waals surface area contributed by atoms with Crippen molar-refractivity contribution in [3.8, 4) is 0 Å². The van der Waals surface area contributed by atoms with Crippen LogP contribution in [0.15, 0.2) is 75.0 Å². The summed E-state index contributed by atoms with van der Waals surface area (Å²) in [6, 6.07) is 12.3. The Morgan fingerprint density at radius 3 is 2.32 bits per heavy atom. The molecule has 0 bridgehead atoms. The Kier molecular flexibility index (Phi) is 5.54. The lowest BCUT2D eigenvalue weighted by Crippen LogP contribution is -2.31. The van der Waals surface area contributed by atoms with E-state index in [4.69, 9.17) is 13.6 Å². The van der Waals surface area contributed by atoms with Crippen LogP contribution in [0.2, 0.25) is 0 Å². The lowest BCUT2D eigenvalue weighted by Gasteiger charge is -2.19. The molecule has 5 rings (SSSR count). The smallest absolute Gasteiger partial charge is 0.338 e. The molecule has 0 radical (unpaired) electrons. The Morgan fingerprint density at radius 2 is 1.68 bits per heavy atom. The number of hydrazone groups is 1. The highest BCUT2D eigenvalue weighted by Gasteiger charge is 2.36. The number of furan rings is 2. The number of nitrogens with zero attached hydrogens (tertiary/aromatic N) is 3. The number of benzene rings is 1. The summed E-state index contributed by atoms with van der Waals surface area (Å²) >= 11 is 0. The molecule has 2 aromatic heterocycles. The summed E-state index contributed by atoms with van der Waals surface area (Å²) in [6.07, 6.45) is 3.76. The summed E-state index contributed by atoms with van der Waals surface area (Å²) in [7, 11) is 0. The number of ether oxygens (including phenoxy) is 1. The van der Waals surface area contributed by atoms with Gasteiger partial charge in [0.1, 0.15) is 23.3 Å². The van der Waals surface area contributed by atoms with Crippen LogP contribution in [0.5, 0.6) is 0 Å². The molecule has 1 fully saturated rings. The maximum Gasteiger partial charge on any atom is 0.338 e. The second kappa shape index (κ2) is 8.81. The fraction of sp³-hybridized carbons (Fsp3) is 0.208. The molecule has 3 amide bonds. The first-order valence-electron chi connectivity index (χ1n) is 10.6. The standard InChI is InChI=1S/C24H19N3O7/c28-21-9-10-22(29)26(21)16-7-5-15(6-8-16)24(31)34-14-23(30)27-18(20-4-2-12-33-20)13-17(25-27)19-3-1-11-32-19/h1-8,11-12,18H,9-10,13-14H2. The molecular formula is C24H19N3O7. The maximum absolute atomic E-state index is 12.9. The molecule has 10 heteroatoms. The minimum absolute atomic E-state index is 0.171. The van der Waals surface area contributed by atoms with E-state index in [9.17, 15) is 19.2 Å². The molecule has 0 aliphatic carbocycles. The van der Waals surface area contributed by atoms with Gasteiger partial charge in [-0.3, -0.25) is 19.3 Å². The van der Waals surface area contributed by atoms with Gasteiger partial charge < -0.3 is 13.6 Å². The Labute approximate surface area is 193 Å². The quantitative estimate of drug-likeness (QED) is 0.408. The molecule has 0 N–H and O–H groups in total. The molecule has 1 unspecified atom stereocenters. The number of rotatable bonds is 6. The highest BCUT2D eigenvalue weighted by atomic mass is 16.5. The van der Waals surface area contributed by atoms with Gasteiger partial charge in [-0.15, -0.1) is 0 Å². The van der Waals surface area contributed by atoms with Gasteiger partial charge in [-0.2, -0.15) is 5.10 Å². The van der Waals surface area contributed by atoms with Crippen LogP contribution >= 0.6 is 0 Å². The molecule has 1 atom stereocenters. The lowest BCUT2D eigenvalue weighted by atomic mass is 10.1. The van der Waals surface area contributed by atoms with Gasteiger partial charge >= 0.3 is 5.97 Å².